The fraction of sp³-hybridized carbons (Fsp3) is 0.457. The van der Waals surface area contributed by atoms with Gasteiger partial charge in [-0.2, -0.15) is 0 Å². The molecule has 3 aromatic rings. The van der Waals surface area contributed by atoms with E-state index in [1.165, 1.54) is 23.5 Å². The van der Waals surface area contributed by atoms with Gasteiger partial charge in [-0.25, -0.2) is 23.8 Å². The number of methoxy groups -OCH3 is 1. The third-order valence-corrected chi connectivity index (χ3v) is 9.52. The highest BCUT2D eigenvalue weighted by atomic mass is 19.1. The van der Waals surface area contributed by atoms with Gasteiger partial charge in [0.15, 0.2) is 5.82 Å². The number of amides is 1. The molecular formula is C35H44F2N8O3. The van der Waals surface area contributed by atoms with Crippen LogP contribution in [0.1, 0.15) is 44.7 Å². The number of hydrogen-bond acceptors (Lipinski definition) is 10. The maximum absolute atomic E-state index is 14.7. The first kappa shape index (κ1) is 33.6. The Labute approximate surface area is 280 Å². The number of aromatic nitrogens is 2. The Morgan fingerprint density at radius 3 is 2.50 bits per heavy atom. The lowest BCUT2D eigenvalue weighted by Crippen LogP contribution is -2.54. The van der Waals surface area contributed by atoms with Crippen LogP contribution in [0.3, 0.4) is 0 Å². The molecule has 48 heavy (non-hydrogen) atoms. The lowest BCUT2D eigenvalue weighted by molar-refractivity contribution is -0.111. The number of piperidine rings is 1. The van der Waals surface area contributed by atoms with Crippen LogP contribution in [0, 0.1) is 11.6 Å². The Balaban J connectivity index is 1.21. The van der Waals surface area contributed by atoms with Crippen LogP contribution in [0.5, 0.6) is 5.75 Å². The zero-order valence-corrected chi connectivity index (χ0v) is 27.8. The first-order chi connectivity index (χ1) is 23.2. The Morgan fingerprint density at radius 1 is 1.02 bits per heavy atom. The number of hydroxylamine groups is 1. The number of carbonyl (C=O) groups is 1. The maximum atomic E-state index is 14.7. The molecule has 0 aliphatic carbocycles. The summed E-state index contributed by atoms with van der Waals surface area (Å²) in [5.74, 6) is -0.0100. The van der Waals surface area contributed by atoms with Crippen LogP contribution in [0.25, 0.3) is 0 Å². The Hall–Kier alpha value is -4.33. The number of carbonyl (C=O) groups excluding carboxylic acids is 1. The van der Waals surface area contributed by atoms with Crippen LogP contribution >= 0.6 is 0 Å². The molecule has 0 saturated carbocycles. The number of nitrogens with one attached hydrogen (secondary N) is 2. The minimum atomic E-state index is -0.563. The van der Waals surface area contributed by atoms with E-state index in [9.17, 15) is 13.6 Å². The molecule has 256 valence electrons. The van der Waals surface area contributed by atoms with E-state index in [0.29, 0.717) is 53.9 Å². The van der Waals surface area contributed by atoms with Crippen LogP contribution in [0.15, 0.2) is 55.4 Å². The molecule has 6 rings (SSSR count). The molecule has 1 unspecified atom stereocenters. The van der Waals surface area contributed by atoms with Crippen molar-refractivity contribution in [1.29, 1.82) is 0 Å². The second-order valence-electron chi connectivity index (χ2n) is 12.7. The zero-order chi connectivity index (χ0) is 33.8. The van der Waals surface area contributed by atoms with Crippen molar-refractivity contribution < 1.29 is 23.1 Å². The van der Waals surface area contributed by atoms with Gasteiger partial charge in [0, 0.05) is 75.5 Å². The van der Waals surface area contributed by atoms with Crippen molar-refractivity contribution in [2.45, 2.75) is 51.2 Å². The molecule has 11 nitrogen and oxygen atoms in total. The van der Waals surface area contributed by atoms with Crippen LogP contribution in [0.4, 0.5) is 37.5 Å². The van der Waals surface area contributed by atoms with E-state index in [4.69, 9.17) is 9.57 Å². The Morgan fingerprint density at radius 2 is 1.79 bits per heavy atom. The zero-order valence-electron chi connectivity index (χ0n) is 27.8. The lowest BCUT2D eigenvalue weighted by Gasteiger charge is -2.44. The average molecular weight is 663 g/mol. The van der Waals surface area contributed by atoms with Crippen molar-refractivity contribution in [2.75, 3.05) is 73.6 Å². The van der Waals surface area contributed by atoms with Gasteiger partial charge in [-0.15, -0.1) is 0 Å². The second-order valence-corrected chi connectivity index (χ2v) is 12.7. The highest BCUT2D eigenvalue weighted by Gasteiger charge is 2.32. The van der Waals surface area contributed by atoms with Gasteiger partial charge in [-0.1, -0.05) is 6.58 Å². The number of anilines is 5. The largest absolute Gasteiger partial charge is 0.494 e. The summed E-state index contributed by atoms with van der Waals surface area (Å²) in [6, 6.07) is 9.35. The summed E-state index contributed by atoms with van der Waals surface area (Å²) in [7, 11) is 1.59. The predicted octanol–water partition coefficient (Wildman–Crippen LogP) is 5.51. The highest BCUT2D eigenvalue weighted by molar-refractivity contribution is 6.02. The van der Waals surface area contributed by atoms with E-state index >= 15 is 0 Å². The molecule has 3 fully saturated rings. The van der Waals surface area contributed by atoms with Crippen molar-refractivity contribution >= 4 is 34.6 Å². The minimum absolute atomic E-state index is 0.193. The summed E-state index contributed by atoms with van der Waals surface area (Å²) in [6.07, 6.45) is 5.13. The molecule has 2 aromatic carbocycles. The molecule has 3 saturated heterocycles. The van der Waals surface area contributed by atoms with Crippen molar-refractivity contribution in [3.8, 4) is 5.75 Å². The molecule has 3 aliphatic rings. The quantitative estimate of drug-likeness (QED) is 0.271. The predicted molar refractivity (Wildman–Crippen MR) is 183 cm³/mol. The Bertz CT molecular complexity index is 1610. The van der Waals surface area contributed by atoms with E-state index in [0.717, 1.165) is 69.9 Å². The van der Waals surface area contributed by atoms with E-state index in [1.54, 1.807) is 13.2 Å². The van der Waals surface area contributed by atoms with Crippen LogP contribution in [-0.4, -0.2) is 90.7 Å². The van der Waals surface area contributed by atoms with E-state index in [1.807, 2.05) is 12.1 Å². The number of ether oxygens (including phenoxy) is 1. The first-order valence-electron chi connectivity index (χ1n) is 16.6. The molecule has 1 atom stereocenters. The third-order valence-electron chi connectivity index (χ3n) is 9.52. The SMILES string of the molecule is C=CC(=O)Nc1cc(Nc2cc(N3OCCC3c3cc(F)ccc3F)ncn2)c(OC)cc1N1CCC(N2CCN(C(C)C)CC2)CC1. The molecule has 0 bridgehead atoms. The smallest absolute Gasteiger partial charge is 0.247 e. The van der Waals surface area contributed by atoms with Crippen molar-refractivity contribution in [1.82, 2.24) is 19.8 Å². The molecule has 3 aliphatic heterocycles. The van der Waals surface area contributed by atoms with Gasteiger partial charge in [-0.3, -0.25) is 19.4 Å². The summed E-state index contributed by atoms with van der Waals surface area (Å²) >= 11 is 0. The number of nitrogens with zero attached hydrogens (tertiary/aromatic N) is 6. The van der Waals surface area contributed by atoms with Crippen LogP contribution in [-0.2, 0) is 9.63 Å². The Kier molecular flexibility index (Phi) is 10.4. The molecule has 2 N–H and O–H groups in total. The number of benzene rings is 2. The molecule has 1 aromatic heterocycles. The normalized spacial score (nSPS) is 19.5. The molecule has 4 heterocycles. The van der Waals surface area contributed by atoms with Crippen molar-refractivity contribution in [3.05, 3.63) is 72.6 Å². The molecule has 1 amide bonds. The fourth-order valence-electron chi connectivity index (χ4n) is 6.89. The summed E-state index contributed by atoms with van der Waals surface area (Å²) in [5, 5.41) is 7.75. The van der Waals surface area contributed by atoms with E-state index < -0.39 is 17.7 Å². The third kappa shape index (κ3) is 7.38. The molecule has 13 heteroatoms. The molecular weight excluding hydrogens is 618 g/mol. The standard InChI is InChI=1S/C35H44F2N8O3/c1-5-35(46)41-28-19-29(32(47-4)20-31(28)44-11-8-25(9-12-44)43-15-13-42(14-16-43)23(2)3)40-33-21-34(39-22-38-33)45-30(10-17-48-45)26-18-24(36)6-7-27(26)37/h5-7,18-23,25,30H,1,8-17H2,2-4H3,(H,41,46)(H,38,39,40). The summed E-state index contributed by atoms with van der Waals surface area (Å²) in [4.78, 5) is 34.6. The number of piperazine rings is 1. The van der Waals surface area contributed by atoms with Gasteiger partial charge in [0.25, 0.3) is 0 Å². The van der Waals surface area contributed by atoms with Gasteiger partial charge in [0.05, 0.1) is 36.8 Å². The molecule has 0 spiro atoms. The van der Waals surface area contributed by atoms with Crippen LogP contribution < -0.4 is 25.3 Å². The monoisotopic (exact) mass is 662 g/mol. The van der Waals surface area contributed by atoms with Gasteiger partial charge in [0.1, 0.15) is 29.5 Å². The number of hydrogen-bond donors (Lipinski definition) is 2. The second kappa shape index (κ2) is 14.8. The number of rotatable bonds is 10. The average Bonchev–Trinajstić information content (AvgIpc) is 3.60. The summed E-state index contributed by atoms with van der Waals surface area (Å²) in [5.41, 5.74) is 2.24. The first-order valence-corrected chi connectivity index (χ1v) is 16.6. The van der Waals surface area contributed by atoms with Crippen molar-refractivity contribution in [2.24, 2.45) is 0 Å². The molecule has 0 radical (unpaired) electrons. The fourth-order valence-corrected chi connectivity index (χ4v) is 6.89. The number of halogens is 2. The van der Waals surface area contributed by atoms with E-state index in [2.05, 4.69) is 55.7 Å². The van der Waals surface area contributed by atoms with Crippen molar-refractivity contribution in [3.63, 3.8) is 0 Å². The minimum Gasteiger partial charge on any atom is -0.494 e. The highest BCUT2D eigenvalue weighted by Crippen LogP contribution is 2.41. The summed E-state index contributed by atoms with van der Waals surface area (Å²) < 4.78 is 34.5. The van der Waals surface area contributed by atoms with Gasteiger partial charge < -0.3 is 20.3 Å². The lowest BCUT2D eigenvalue weighted by atomic mass is 10.0. The van der Waals surface area contributed by atoms with Gasteiger partial charge in [-0.05, 0) is 57.0 Å². The van der Waals surface area contributed by atoms with Crippen LogP contribution in [0.2, 0.25) is 0 Å². The topological polar surface area (TPSA) is 98.3 Å². The van der Waals surface area contributed by atoms with Gasteiger partial charge in [0.2, 0.25) is 5.91 Å². The van der Waals surface area contributed by atoms with E-state index in [-0.39, 0.29) is 11.5 Å². The maximum Gasteiger partial charge on any atom is 0.247 e. The van der Waals surface area contributed by atoms with Gasteiger partial charge >= 0.3 is 0 Å². The summed E-state index contributed by atoms with van der Waals surface area (Å²) in [6.45, 7) is 14.6.